The second-order valence-electron chi connectivity index (χ2n) is 10.9. The van der Waals surface area contributed by atoms with Crippen LogP contribution in [0.1, 0.15) is 55.5 Å². The van der Waals surface area contributed by atoms with E-state index in [-0.39, 0.29) is 38.3 Å². The minimum Gasteiger partial charge on any atom is -0.383 e. The average Bonchev–Trinajstić information content (AvgIpc) is 3.27. The minimum atomic E-state index is -4.68. The van der Waals surface area contributed by atoms with Gasteiger partial charge in [-0.25, -0.2) is 8.78 Å². The Bertz CT molecular complexity index is 2930. The van der Waals surface area contributed by atoms with E-state index in [2.05, 4.69) is 4.74 Å². The summed E-state index contributed by atoms with van der Waals surface area (Å²) in [5.41, 5.74) is -7.33. The van der Waals surface area contributed by atoms with Gasteiger partial charge in [-0.1, -0.05) is 60.6 Å². The Hall–Kier alpha value is -4.52. The lowest BCUT2D eigenvalue weighted by molar-refractivity contribution is -0.137. The SMILES string of the molecule is [2H]c1c([2H])c([2H])c2c(c1[2H])c(=O)c([2H])c(SC([2H])([2H])c1cccc(F)c1F)n2CC(=O)N(Cc1ccc(-c2ccc(C(F)(F)F)cc2)cc1)C1([2H])C([2H])([2H])C([2H])([2H])N(CCOC([2H])([2H])[2H])C([2H])([2H])C1([2H])[2H]. The van der Waals surface area contributed by atoms with Gasteiger partial charge < -0.3 is 19.1 Å². The first-order valence-corrected chi connectivity index (χ1v) is 16.0. The third kappa shape index (κ3) is 8.74. The number of piperidine rings is 1. The molecule has 12 heteroatoms. The van der Waals surface area contributed by atoms with Crippen LogP contribution in [0.5, 0.6) is 0 Å². The fraction of sp³-hybridized carbons (Fsp3) is 0.300. The Morgan fingerprint density at radius 2 is 1.75 bits per heavy atom. The monoisotopic (exact) mass is 754 g/mol. The number of halogens is 5. The molecule has 1 aliphatic heterocycles. The van der Waals surface area contributed by atoms with Crippen molar-refractivity contribution in [1.29, 1.82) is 0 Å². The first-order valence-electron chi connectivity index (χ1n) is 24.6. The van der Waals surface area contributed by atoms with Crippen molar-refractivity contribution in [3.05, 3.63) is 135 Å². The fourth-order valence-electron chi connectivity index (χ4n) is 4.95. The number of pyridine rings is 1. The van der Waals surface area contributed by atoms with Crippen LogP contribution in [0, 0.1) is 11.6 Å². The molecule has 1 aliphatic rings. The largest absolute Gasteiger partial charge is 0.416 e. The molecule has 1 saturated heterocycles. The van der Waals surface area contributed by atoms with Crippen molar-refractivity contribution in [3.63, 3.8) is 0 Å². The lowest BCUT2D eigenvalue weighted by Crippen LogP contribution is -2.48. The van der Waals surface area contributed by atoms with Gasteiger partial charge in [0.05, 0.1) is 35.0 Å². The summed E-state index contributed by atoms with van der Waals surface area (Å²) in [7, 11) is -3.15. The highest BCUT2D eigenvalue weighted by Crippen LogP contribution is 2.32. The molecule has 6 rings (SSSR count). The summed E-state index contributed by atoms with van der Waals surface area (Å²) in [6, 6.07) is 1.39. The molecular weight excluding hydrogens is 698 g/mol. The summed E-state index contributed by atoms with van der Waals surface area (Å²) >= 11 is -0.226. The van der Waals surface area contributed by atoms with Crippen LogP contribution in [0.3, 0.4) is 0 Å². The summed E-state index contributed by atoms with van der Waals surface area (Å²) in [6.45, 7) is -12.7. The predicted octanol–water partition coefficient (Wildman–Crippen LogP) is 8.40. The molecule has 1 aromatic heterocycles. The van der Waals surface area contributed by atoms with Gasteiger partial charge in [0.25, 0.3) is 0 Å². The number of rotatable bonds is 12. The van der Waals surface area contributed by atoms with Crippen LogP contribution in [0.15, 0.2) is 107 Å². The molecule has 0 saturated carbocycles. The number of benzene rings is 4. The quantitative estimate of drug-likeness (QED) is 0.0947. The molecule has 0 N–H and O–H groups in total. The van der Waals surface area contributed by atoms with E-state index < -0.39 is 157 Å². The molecule has 5 aromatic rings. The van der Waals surface area contributed by atoms with E-state index in [1.165, 1.54) is 24.3 Å². The zero-order valence-electron chi connectivity index (χ0n) is 45.5. The topological polar surface area (TPSA) is 54.8 Å². The molecule has 0 atom stereocenters. The number of ether oxygens (including phenoxy) is 1. The summed E-state index contributed by atoms with van der Waals surface area (Å²) in [5.74, 6) is -5.03. The summed E-state index contributed by atoms with van der Waals surface area (Å²) in [4.78, 5) is 29.2. The molecule has 272 valence electrons. The van der Waals surface area contributed by atoms with Crippen LogP contribution in [0.25, 0.3) is 22.0 Å². The average molecular weight is 755 g/mol. The van der Waals surface area contributed by atoms with Crippen molar-refractivity contribution in [3.8, 4) is 11.1 Å². The van der Waals surface area contributed by atoms with E-state index in [1.54, 1.807) is 0 Å². The van der Waals surface area contributed by atoms with Crippen molar-refractivity contribution in [1.82, 2.24) is 14.4 Å². The van der Waals surface area contributed by atoms with Gasteiger partial charge in [0.1, 0.15) is 6.54 Å². The van der Waals surface area contributed by atoms with Crippen LogP contribution in [0.2, 0.25) is 0 Å². The van der Waals surface area contributed by atoms with Crippen molar-refractivity contribution in [2.75, 3.05) is 33.2 Å². The number of carbonyl (C=O) groups excluding carboxylic acids is 1. The number of para-hydroxylation sites is 1. The molecule has 0 bridgehead atoms. The number of thioether (sulfide) groups is 1. The van der Waals surface area contributed by atoms with Gasteiger partial charge in [-0.3, -0.25) is 9.59 Å². The number of hydrogen-bond acceptors (Lipinski definition) is 5. The molecule has 1 amide bonds. The van der Waals surface area contributed by atoms with Gasteiger partial charge in [0, 0.05) is 75.5 Å². The molecule has 0 radical (unpaired) electrons. The number of carbonyl (C=O) groups is 1. The maximum atomic E-state index is 15.3. The lowest BCUT2D eigenvalue weighted by Gasteiger charge is -2.39. The predicted molar refractivity (Wildman–Crippen MR) is 193 cm³/mol. The lowest BCUT2D eigenvalue weighted by atomic mass is 10.00. The van der Waals surface area contributed by atoms with Gasteiger partial charge >= 0.3 is 6.18 Å². The minimum absolute atomic E-state index is 0.0284. The van der Waals surface area contributed by atoms with Crippen LogP contribution >= 0.6 is 11.8 Å². The number of nitrogens with zero attached hydrogens (tertiary/aromatic N) is 3. The van der Waals surface area contributed by atoms with E-state index in [4.69, 9.17) is 19.2 Å². The summed E-state index contributed by atoms with van der Waals surface area (Å²) in [5, 5.41) is -2.00. The third-order valence-electron chi connectivity index (χ3n) is 7.58. The van der Waals surface area contributed by atoms with Crippen LogP contribution < -0.4 is 5.43 Å². The molecule has 52 heavy (non-hydrogen) atoms. The fourth-order valence-corrected chi connectivity index (χ4v) is 5.73. The van der Waals surface area contributed by atoms with Gasteiger partial charge in [0.2, 0.25) is 5.91 Å². The Morgan fingerprint density at radius 1 is 1.06 bits per heavy atom. The second-order valence-corrected chi connectivity index (χ2v) is 11.7. The molecule has 6 nitrogen and oxygen atoms in total. The Kier molecular flexibility index (Phi) is 6.35. The van der Waals surface area contributed by atoms with Crippen molar-refractivity contribution in [2.45, 2.75) is 48.8 Å². The van der Waals surface area contributed by atoms with Gasteiger partial charge in [-0.05, 0) is 59.7 Å². The van der Waals surface area contributed by atoms with Crippen molar-refractivity contribution >= 4 is 28.6 Å². The number of amides is 1. The Balaban J connectivity index is 1.60. The number of aromatic nitrogens is 1. The van der Waals surface area contributed by atoms with Crippen LogP contribution in [0.4, 0.5) is 22.0 Å². The number of likely N-dealkylation sites (tertiary alicyclic amines) is 1. The van der Waals surface area contributed by atoms with Crippen molar-refractivity contribution < 1.29 is 57.5 Å². The highest BCUT2D eigenvalue weighted by molar-refractivity contribution is 7.98. The zero-order valence-corrected chi connectivity index (χ0v) is 27.4. The van der Waals surface area contributed by atoms with Crippen molar-refractivity contribution in [2.24, 2.45) is 0 Å². The van der Waals surface area contributed by atoms with E-state index in [1.807, 2.05) is 0 Å². The van der Waals surface area contributed by atoms with Gasteiger partial charge in [-0.15, -0.1) is 11.8 Å². The Labute approximate surface area is 329 Å². The van der Waals surface area contributed by atoms with Gasteiger partial charge in [-0.2, -0.15) is 13.2 Å². The number of hydrogen-bond donors (Lipinski definition) is 0. The first-order chi connectivity index (χ1) is 32.4. The number of methoxy groups -OCH3 is 1. The maximum absolute atomic E-state index is 15.3. The molecular formula is C40H38F5N3O3S. The van der Waals surface area contributed by atoms with E-state index in [9.17, 15) is 29.2 Å². The normalized spacial score (nSPS) is 24.5. The molecule has 1 fully saturated rings. The highest BCUT2D eigenvalue weighted by atomic mass is 32.2. The second kappa shape index (κ2) is 16.4. The third-order valence-corrected chi connectivity index (χ3v) is 8.42. The van der Waals surface area contributed by atoms with E-state index in [0.29, 0.717) is 10.6 Å². The summed E-state index contributed by atoms with van der Waals surface area (Å²) < 4.78 is 239. The standard InChI is InChI=1S/C40H38F5N3O3S/c1-51-22-21-46-19-17-32(18-20-46)47(24-27-9-11-28(12-10-27)29-13-15-31(16-14-29)40(43,44)45)37(50)25-48-35-8-3-2-6-33(35)36(49)23-38(48)52-26-30-5-4-7-34(41)39(30)42/h2-16,23,32H,17-22,24-26H2,1H3/i1D3,2D,3D,6D,8D,17D2,18D2,19D2,20D2,23D,26D2,32D. The Morgan fingerprint density at radius 3 is 2.44 bits per heavy atom. The van der Waals surface area contributed by atoms with Crippen LogP contribution in [-0.2, 0) is 34.5 Å². The smallest absolute Gasteiger partial charge is 0.383 e. The molecule has 0 aliphatic carbocycles. The molecule has 2 heterocycles. The number of fused-ring (bicyclic) bond motifs is 1. The van der Waals surface area contributed by atoms with Gasteiger partial charge in [0.15, 0.2) is 17.1 Å². The van der Waals surface area contributed by atoms with E-state index in [0.717, 1.165) is 36.4 Å². The molecule has 0 unspecified atom stereocenters. The van der Waals surface area contributed by atoms with E-state index >= 15 is 9.18 Å². The zero-order chi connectivity index (χ0) is 53.6. The highest BCUT2D eigenvalue weighted by Gasteiger charge is 2.31. The first kappa shape index (κ1) is 20.1. The molecule has 4 aromatic carbocycles. The maximum Gasteiger partial charge on any atom is 0.416 e. The van der Waals surface area contributed by atoms with Crippen LogP contribution in [-0.4, -0.2) is 59.5 Å². The molecule has 0 spiro atoms. The summed E-state index contributed by atoms with van der Waals surface area (Å²) in [6.07, 6.45) is -12.9. The number of alkyl halides is 3.